The summed E-state index contributed by atoms with van der Waals surface area (Å²) < 4.78 is 29.1. The van der Waals surface area contributed by atoms with Crippen LogP contribution in [0, 0.1) is 10.1 Å². The van der Waals surface area contributed by atoms with Gasteiger partial charge >= 0.3 is 5.97 Å². The van der Waals surface area contributed by atoms with Crippen LogP contribution < -0.4 is 5.56 Å². The molecule has 1 N–H and O–H groups in total. The number of nitro groups is 1. The number of carbonyl (C=O) groups excluding carboxylic acids is 1. The van der Waals surface area contributed by atoms with Crippen LogP contribution in [-0.4, -0.2) is 23.0 Å². The number of nitrogens with zero attached hydrogens (tertiary/aromatic N) is 1. The number of hydrogen-bond donors (Lipinski definition) is 1. The van der Waals surface area contributed by atoms with E-state index in [0.717, 1.165) is 7.11 Å². The molecule has 0 aliphatic carbocycles. The molecular weight excluding hydrogens is 242 g/mol. The van der Waals surface area contributed by atoms with Gasteiger partial charge in [0.15, 0.2) is 0 Å². The average molecular weight is 248 g/mol. The molecule has 0 amide bonds. The summed E-state index contributed by atoms with van der Waals surface area (Å²) in [6, 6.07) is 0. The van der Waals surface area contributed by atoms with Crippen molar-refractivity contribution in [2.45, 2.75) is 6.43 Å². The monoisotopic (exact) mass is 248 g/mol. The number of aromatic amines is 1. The molecule has 0 aliphatic rings. The van der Waals surface area contributed by atoms with Crippen LogP contribution in [0.15, 0.2) is 11.0 Å². The van der Waals surface area contributed by atoms with Gasteiger partial charge in [0.1, 0.15) is 5.56 Å². The number of nitrogens with one attached hydrogen (secondary N) is 1. The third-order valence-electron chi connectivity index (χ3n) is 1.90. The van der Waals surface area contributed by atoms with Gasteiger partial charge < -0.3 is 9.72 Å². The summed E-state index contributed by atoms with van der Waals surface area (Å²) in [5.74, 6) is -1.35. The van der Waals surface area contributed by atoms with Crippen molar-refractivity contribution in [1.29, 1.82) is 0 Å². The second kappa shape index (κ2) is 4.68. The van der Waals surface area contributed by atoms with Crippen molar-refractivity contribution in [2.75, 3.05) is 7.11 Å². The highest BCUT2D eigenvalue weighted by Crippen LogP contribution is 2.29. The molecule has 0 bridgehead atoms. The summed E-state index contributed by atoms with van der Waals surface area (Å²) in [5.41, 5.74) is -4.49. The van der Waals surface area contributed by atoms with E-state index in [-0.39, 0.29) is 0 Å². The fraction of sp³-hybridized carbons (Fsp3) is 0.250. The number of ether oxygens (including phenoxy) is 1. The number of alkyl halides is 2. The Bertz CT molecular complexity index is 525. The second-order valence-electron chi connectivity index (χ2n) is 2.85. The van der Waals surface area contributed by atoms with E-state index in [2.05, 4.69) is 4.74 Å². The van der Waals surface area contributed by atoms with Crippen LogP contribution in [0.1, 0.15) is 22.3 Å². The zero-order chi connectivity index (χ0) is 13.2. The Morgan fingerprint density at radius 1 is 1.59 bits per heavy atom. The number of methoxy groups -OCH3 is 1. The summed E-state index contributed by atoms with van der Waals surface area (Å²) in [5, 5.41) is 10.6. The Morgan fingerprint density at radius 2 is 2.18 bits per heavy atom. The standard InChI is InChI=1S/C8H6F2N2O5/c1-17-8(14)4-5(12(15)16)3(6(9)10)2-11-7(4)13/h2,6H,1H3,(H,11,13). The zero-order valence-electron chi connectivity index (χ0n) is 8.40. The number of H-pyrrole nitrogens is 1. The predicted molar refractivity (Wildman–Crippen MR) is 50.0 cm³/mol. The Morgan fingerprint density at radius 3 is 2.59 bits per heavy atom. The fourth-order valence-electron chi connectivity index (χ4n) is 1.19. The summed E-state index contributed by atoms with van der Waals surface area (Å²) in [4.78, 5) is 33.6. The lowest BCUT2D eigenvalue weighted by Crippen LogP contribution is -2.22. The highest BCUT2D eigenvalue weighted by Gasteiger charge is 2.32. The largest absolute Gasteiger partial charge is 0.465 e. The Kier molecular flexibility index (Phi) is 3.51. The summed E-state index contributed by atoms with van der Waals surface area (Å²) in [7, 11) is 0.876. The molecule has 1 rings (SSSR count). The normalized spacial score (nSPS) is 10.4. The van der Waals surface area contributed by atoms with E-state index < -0.39 is 39.7 Å². The number of hydrogen-bond acceptors (Lipinski definition) is 5. The summed E-state index contributed by atoms with van der Waals surface area (Å²) >= 11 is 0. The van der Waals surface area contributed by atoms with Crippen LogP contribution in [0.25, 0.3) is 0 Å². The molecule has 0 saturated carbocycles. The smallest absolute Gasteiger partial charge is 0.350 e. The molecule has 0 radical (unpaired) electrons. The van der Waals surface area contributed by atoms with Crippen LogP contribution in [-0.2, 0) is 4.74 Å². The number of carbonyl (C=O) groups is 1. The van der Waals surface area contributed by atoms with Crippen molar-refractivity contribution in [3.8, 4) is 0 Å². The molecule has 9 heteroatoms. The minimum atomic E-state index is -3.20. The van der Waals surface area contributed by atoms with Gasteiger partial charge in [-0.05, 0) is 0 Å². The van der Waals surface area contributed by atoms with Crippen LogP contribution in [0.5, 0.6) is 0 Å². The molecule has 0 atom stereocenters. The molecule has 7 nitrogen and oxygen atoms in total. The maximum absolute atomic E-state index is 12.5. The Hall–Kier alpha value is -2.32. The van der Waals surface area contributed by atoms with Crippen LogP contribution in [0.4, 0.5) is 14.5 Å². The van der Waals surface area contributed by atoms with E-state index in [0.29, 0.717) is 6.20 Å². The topological polar surface area (TPSA) is 102 Å². The maximum Gasteiger partial charge on any atom is 0.350 e. The first-order valence-corrected chi connectivity index (χ1v) is 4.16. The van der Waals surface area contributed by atoms with Crippen LogP contribution in [0.3, 0.4) is 0 Å². The summed E-state index contributed by atoms with van der Waals surface area (Å²) in [6.45, 7) is 0. The lowest BCUT2D eigenvalue weighted by Gasteiger charge is -2.04. The second-order valence-corrected chi connectivity index (χ2v) is 2.85. The first kappa shape index (κ1) is 12.7. The molecular formula is C8H6F2N2O5. The molecule has 0 aliphatic heterocycles. The van der Waals surface area contributed by atoms with Gasteiger partial charge in [0.25, 0.3) is 17.7 Å². The molecule has 1 heterocycles. The van der Waals surface area contributed by atoms with Gasteiger partial charge in [-0.2, -0.15) is 0 Å². The molecule has 0 aromatic carbocycles. The van der Waals surface area contributed by atoms with E-state index in [9.17, 15) is 28.5 Å². The van der Waals surface area contributed by atoms with Crippen molar-refractivity contribution in [3.05, 3.63) is 37.8 Å². The van der Waals surface area contributed by atoms with Gasteiger partial charge in [-0.1, -0.05) is 0 Å². The van der Waals surface area contributed by atoms with Gasteiger partial charge in [0.05, 0.1) is 12.0 Å². The van der Waals surface area contributed by atoms with E-state index in [4.69, 9.17) is 0 Å². The number of aromatic nitrogens is 1. The Balaban J connectivity index is 3.66. The average Bonchev–Trinajstić information content (AvgIpc) is 2.26. The molecule has 0 fully saturated rings. The van der Waals surface area contributed by atoms with Crippen molar-refractivity contribution in [3.63, 3.8) is 0 Å². The van der Waals surface area contributed by atoms with E-state index in [1.54, 1.807) is 0 Å². The molecule has 0 saturated heterocycles. The van der Waals surface area contributed by atoms with Gasteiger partial charge in [-0.25, -0.2) is 13.6 Å². The molecule has 17 heavy (non-hydrogen) atoms. The predicted octanol–water partition coefficient (Wildman–Crippen LogP) is 1.01. The van der Waals surface area contributed by atoms with Gasteiger partial charge in [-0.3, -0.25) is 14.9 Å². The third-order valence-corrected chi connectivity index (χ3v) is 1.90. The third kappa shape index (κ3) is 2.27. The minimum Gasteiger partial charge on any atom is -0.465 e. The maximum atomic E-state index is 12.5. The number of esters is 1. The van der Waals surface area contributed by atoms with Crippen molar-refractivity contribution >= 4 is 11.7 Å². The van der Waals surface area contributed by atoms with Gasteiger partial charge in [0.2, 0.25) is 5.56 Å². The molecule has 0 unspecified atom stereocenters. The SMILES string of the molecule is COC(=O)c1c([N+](=O)[O-])c(C(F)F)c[nH]c1=O. The van der Waals surface area contributed by atoms with E-state index in [1.165, 1.54) is 0 Å². The first-order valence-electron chi connectivity index (χ1n) is 4.16. The highest BCUT2D eigenvalue weighted by molar-refractivity contribution is 5.93. The van der Waals surface area contributed by atoms with Crippen molar-refractivity contribution < 1.29 is 23.2 Å². The Labute approximate surface area is 92.2 Å². The summed E-state index contributed by atoms with van der Waals surface area (Å²) in [6.07, 6.45) is -2.70. The first-order chi connectivity index (χ1) is 7.90. The van der Waals surface area contributed by atoms with Crippen LogP contribution in [0.2, 0.25) is 0 Å². The fourth-order valence-corrected chi connectivity index (χ4v) is 1.19. The van der Waals surface area contributed by atoms with Crippen LogP contribution >= 0.6 is 0 Å². The number of halogens is 2. The number of rotatable bonds is 3. The lowest BCUT2D eigenvalue weighted by molar-refractivity contribution is -0.386. The quantitative estimate of drug-likeness (QED) is 0.488. The van der Waals surface area contributed by atoms with Crippen molar-refractivity contribution in [1.82, 2.24) is 4.98 Å². The number of pyridine rings is 1. The highest BCUT2D eigenvalue weighted by atomic mass is 19.3. The van der Waals surface area contributed by atoms with E-state index in [1.807, 2.05) is 4.98 Å². The molecule has 1 aromatic heterocycles. The van der Waals surface area contributed by atoms with Gasteiger partial charge in [-0.15, -0.1) is 0 Å². The molecule has 92 valence electrons. The molecule has 1 aromatic rings. The van der Waals surface area contributed by atoms with Crippen molar-refractivity contribution in [2.24, 2.45) is 0 Å². The zero-order valence-corrected chi connectivity index (χ0v) is 8.40. The lowest BCUT2D eigenvalue weighted by atomic mass is 10.1. The van der Waals surface area contributed by atoms with E-state index >= 15 is 0 Å². The molecule has 0 spiro atoms. The van der Waals surface area contributed by atoms with Gasteiger partial charge in [0, 0.05) is 6.20 Å². The minimum absolute atomic E-state index is 0.498.